The van der Waals surface area contributed by atoms with Gasteiger partial charge in [-0.1, -0.05) is 13.0 Å². The van der Waals surface area contributed by atoms with Gasteiger partial charge < -0.3 is 10.1 Å². The topological polar surface area (TPSA) is 39.1 Å². The van der Waals surface area contributed by atoms with Crippen LogP contribution in [0.2, 0.25) is 0 Å². The molecule has 2 rings (SSSR count). The van der Waals surface area contributed by atoms with Gasteiger partial charge in [-0.15, -0.1) is 0 Å². The molecule has 1 aromatic heterocycles. The minimum atomic E-state index is 0.208. The van der Waals surface area contributed by atoms with Gasteiger partial charge in [-0.25, -0.2) is 4.68 Å². The van der Waals surface area contributed by atoms with E-state index in [0.717, 1.165) is 41.4 Å². The second kappa shape index (κ2) is 6.76. The van der Waals surface area contributed by atoms with Crippen molar-refractivity contribution in [3.63, 3.8) is 0 Å². The lowest BCUT2D eigenvalue weighted by Gasteiger charge is -2.21. The average Bonchev–Trinajstić information content (AvgIpc) is 2.82. The van der Waals surface area contributed by atoms with Gasteiger partial charge in [0.05, 0.1) is 18.5 Å². The zero-order valence-corrected chi connectivity index (χ0v) is 13.6. The Labute approximate surface area is 127 Å². The number of nitrogens with one attached hydrogen (secondary N) is 1. The monoisotopic (exact) mass is 287 g/mol. The van der Waals surface area contributed by atoms with Crippen LogP contribution in [-0.4, -0.2) is 23.4 Å². The maximum atomic E-state index is 5.57. The second-order valence-electron chi connectivity index (χ2n) is 5.41. The molecule has 0 saturated carbocycles. The minimum Gasteiger partial charge on any atom is -0.496 e. The van der Waals surface area contributed by atoms with Crippen molar-refractivity contribution in [1.29, 1.82) is 0 Å². The van der Waals surface area contributed by atoms with E-state index in [0.29, 0.717) is 0 Å². The Bertz CT molecular complexity index is 604. The molecule has 0 aliphatic rings. The Hall–Kier alpha value is -1.81. The minimum absolute atomic E-state index is 0.208. The van der Waals surface area contributed by atoms with Crippen LogP contribution in [0.5, 0.6) is 5.75 Å². The molecule has 4 nitrogen and oxygen atoms in total. The molecule has 21 heavy (non-hydrogen) atoms. The van der Waals surface area contributed by atoms with Crippen LogP contribution in [0.1, 0.15) is 43.3 Å². The third-order valence-corrected chi connectivity index (χ3v) is 3.63. The lowest BCUT2D eigenvalue weighted by molar-refractivity contribution is 0.401. The van der Waals surface area contributed by atoms with Crippen LogP contribution in [-0.2, 0) is 0 Å². The van der Waals surface area contributed by atoms with Crippen molar-refractivity contribution >= 4 is 0 Å². The Kier molecular flexibility index (Phi) is 5.02. The van der Waals surface area contributed by atoms with Crippen LogP contribution in [0, 0.1) is 13.8 Å². The SMILES string of the molecule is CCCNC(C)c1c(OC)cccc1-n1nc(C)cc1C. The number of nitrogens with zero attached hydrogens (tertiary/aromatic N) is 2. The second-order valence-corrected chi connectivity index (χ2v) is 5.41. The van der Waals surface area contributed by atoms with Crippen molar-refractivity contribution < 1.29 is 4.74 Å². The van der Waals surface area contributed by atoms with Crippen molar-refractivity contribution in [2.75, 3.05) is 13.7 Å². The van der Waals surface area contributed by atoms with Crippen LogP contribution in [0.25, 0.3) is 5.69 Å². The van der Waals surface area contributed by atoms with Gasteiger partial charge in [-0.05, 0) is 51.9 Å². The Morgan fingerprint density at radius 3 is 2.67 bits per heavy atom. The molecule has 1 N–H and O–H groups in total. The first-order chi connectivity index (χ1) is 10.1. The standard InChI is InChI=1S/C17H25N3O/c1-6-10-18-14(4)17-15(8-7-9-16(17)21-5)20-13(3)11-12(2)19-20/h7-9,11,14,18H,6,10H2,1-5H3. The van der Waals surface area contributed by atoms with Crippen LogP contribution in [0.15, 0.2) is 24.3 Å². The first-order valence-electron chi connectivity index (χ1n) is 7.52. The first kappa shape index (κ1) is 15.6. The predicted octanol–water partition coefficient (Wildman–Crippen LogP) is 3.56. The van der Waals surface area contributed by atoms with E-state index in [1.165, 1.54) is 0 Å². The van der Waals surface area contributed by atoms with Gasteiger partial charge in [0.15, 0.2) is 0 Å². The van der Waals surface area contributed by atoms with Gasteiger partial charge in [0.2, 0.25) is 0 Å². The van der Waals surface area contributed by atoms with E-state index in [4.69, 9.17) is 4.74 Å². The number of benzene rings is 1. The summed E-state index contributed by atoms with van der Waals surface area (Å²) in [6.45, 7) is 9.41. The summed E-state index contributed by atoms with van der Waals surface area (Å²) in [4.78, 5) is 0. The van der Waals surface area contributed by atoms with Crippen molar-refractivity contribution in [3.8, 4) is 11.4 Å². The van der Waals surface area contributed by atoms with Gasteiger partial charge >= 0.3 is 0 Å². The fourth-order valence-corrected chi connectivity index (χ4v) is 2.67. The third kappa shape index (κ3) is 3.27. The molecule has 0 amide bonds. The molecule has 0 bridgehead atoms. The molecule has 0 saturated heterocycles. The Morgan fingerprint density at radius 1 is 1.33 bits per heavy atom. The van der Waals surface area contributed by atoms with Crippen LogP contribution in [0.4, 0.5) is 0 Å². The normalized spacial score (nSPS) is 12.4. The van der Waals surface area contributed by atoms with Gasteiger partial charge in [-0.2, -0.15) is 5.10 Å². The van der Waals surface area contributed by atoms with E-state index in [-0.39, 0.29) is 6.04 Å². The molecule has 1 heterocycles. The van der Waals surface area contributed by atoms with Crippen molar-refractivity contribution in [2.45, 2.75) is 40.2 Å². The zero-order chi connectivity index (χ0) is 15.4. The molecule has 1 aromatic carbocycles. The molecule has 114 valence electrons. The Balaban J connectivity index is 2.52. The van der Waals surface area contributed by atoms with Crippen molar-refractivity contribution in [2.24, 2.45) is 0 Å². The van der Waals surface area contributed by atoms with Gasteiger partial charge in [0.1, 0.15) is 5.75 Å². The Morgan fingerprint density at radius 2 is 2.10 bits per heavy atom. The number of aryl methyl sites for hydroxylation is 2. The lowest BCUT2D eigenvalue weighted by Crippen LogP contribution is -2.22. The molecular weight excluding hydrogens is 262 g/mol. The van der Waals surface area contributed by atoms with Crippen molar-refractivity contribution in [1.82, 2.24) is 15.1 Å². The summed E-state index contributed by atoms with van der Waals surface area (Å²) in [7, 11) is 1.72. The van der Waals surface area contributed by atoms with Crippen LogP contribution in [0.3, 0.4) is 0 Å². The fraction of sp³-hybridized carbons (Fsp3) is 0.471. The number of hydrogen-bond donors (Lipinski definition) is 1. The maximum Gasteiger partial charge on any atom is 0.125 e. The fourth-order valence-electron chi connectivity index (χ4n) is 2.67. The highest BCUT2D eigenvalue weighted by Crippen LogP contribution is 2.31. The first-order valence-corrected chi connectivity index (χ1v) is 7.52. The summed E-state index contributed by atoms with van der Waals surface area (Å²) < 4.78 is 7.57. The number of rotatable bonds is 6. The molecule has 0 aliphatic heterocycles. The quantitative estimate of drug-likeness (QED) is 0.883. The van der Waals surface area contributed by atoms with Crippen LogP contribution < -0.4 is 10.1 Å². The lowest BCUT2D eigenvalue weighted by atomic mass is 10.0. The van der Waals surface area contributed by atoms with Gasteiger partial charge in [-0.3, -0.25) is 0 Å². The predicted molar refractivity (Wildman–Crippen MR) is 86.3 cm³/mol. The van der Waals surface area contributed by atoms with E-state index in [2.05, 4.69) is 43.3 Å². The number of ether oxygens (including phenoxy) is 1. The van der Waals surface area contributed by atoms with Crippen LogP contribution >= 0.6 is 0 Å². The summed E-state index contributed by atoms with van der Waals surface area (Å²) in [6, 6.07) is 8.42. The molecule has 0 aliphatic carbocycles. The summed E-state index contributed by atoms with van der Waals surface area (Å²) in [6.07, 6.45) is 1.11. The number of hydrogen-bond acceptors (Lipinski definition) is 3. The van der Waals surface area contributed by atoms with Gasteiger partial charge in [0, 0.05) is 17.3 Å². The highest BCUT2D eigenvalue weighted by molar-refractivity contribution is 5.52. The summed E-state index contributed by atoms with van der Waals surface area (Å²) in [5.41, 5.74) is 4.39. The smallest absolute Gasteiger partial charge is 0.125 e. The van der Waals surface area contributed by atoms with E-state index in [1.54, 1.807) is 7.11 Å². The molecule has 0 radical (unpaired) electrons. The highest BCUT2D eigenvalue weighted by Gasteiger charge is 2.18. The molecule has 1 unspecified atom stereocenters. The summed E-state index contributed by atoms with van der Waals surface area (Å²) in [5, 5.41) is 8.15. The van der Waals surface area contributed by atoms with Crippen molar-refractivity contribution in [3.05, 3.63) is 41.2 Å². The number of methoxy groups -OCH3 is 1. The van der Waals surface area contributed by atoms with E-state index in [1.807, 2.05) is 23.7 Å². The largest absolute Gasteiger partial charge is 0.496 e. The highest BCUT2D eigenvalue weighted by atomic mass is 16.5. The number of aromatic nitrogens is 2. The molecular formula is C17H25N3O. The average molecular weight is 287 g/mol. The summed E-state index contributed by atoms with van der Waals surface area (Å²) >= 11 is 0. The van der Waals surface area contributed by atoms with E-state index >= 15 is 0 Å². The molecule has 4 heteroatoms. The molecule has 0 spiro atoms. The third-order valence-electron chi connectivity index (χ3n) is 3.63. The molecule has 1 atom stereocenters. The van der Waals surface area contributed by atoms with Gasteiger partial charge in [0.25, 0.3) is 0 Å². The van der Waals surface area contributed by atoms with E-state index < -0.39 is 0 Å². The molecule has 0 fully saturated rings. The summed E-state index contributed by atoms with van der Waals surface area (Å²) in [5.74, 6) is 0.899. The maximum absolute atomic E-state index is 5.57. The molecule has 2 aromatic rings. The zero-order valence-electron chi connectivity index (χ0n) is 13.6. The van der Waals surface area contributed by atoms with E-state index in [9.17, 15) is 0 Å².